The van der Waals surface area contributed by atoms with Crippen molar-refractivity contribution in [3.05, 3.63) is 77.4 Å². The van der Waals surface area contributed by atoms with Crippen molar-refractivity contribution in [2.45, 2.75) is 25.3 Å². The molecule has 178 valence electrons. The van der Waals surface area contributed by atoms with Crippen LogP contribution in [0.4, 0.5) is 4.39 Å². The first-order chi connectivity index (χ1) is 16.9. The van der Waals surface area contributed by atoms with E-state index in [9.17, 15) is 8.96 Å². The highest BCUT2D eigenvalue weighted by Gasteiger charge is 2.29. The smallest absolute Gasteiger partial charge is 0.127 e. The van der Waals surface area contributed by atoms with E-state index in [2.05, 4.69) is 26.7 Å². The summed E-state index contributed by atoms with van der Waals surface area (Å²) in [5.41, 5.74) is 8.27. The summed E-state index contributed by atoms with van der Waals surface area (Å²) in [4.78, 5) is 9.09. The molecule has 2 aromatic carbocycles. The first-order valence-electron chi connectivity index (χ1n) is 12.0. The lowest BCUT2D eigenvalue weighted by atomic mass is 9.90. The van der Waals surface area contributed by atoms with Crippen LogP contribution >= 0.6 is 7.14 Å². The van der Waals surface area contributed by atoms with Crippen LogP contribution in [0.1, 0.15) is 35.6 Å². The zero-order valence-corrected chi connectivity index (χ0v) is 20.8. The third-order valence-corrected chi connectivity index (χ3v) is 8.41. The molecule has 0 aliphatic carbocycles. The second-order valence-corrected chi connectivity index (χ2v) is 12.9. The van der Waals surface area contributed by atoms with E-state index in [-0.39, 0.29) is 11.7 Å². The summed E-state index contributed by atoms with van der Waals surface area (Å²) in [7, 11) is -2.46. The van der Waals surface area contributed by atoms with Gasteiger partial charge in [-0.2, -0.15) is 0 Å². The maximum Gasteiger partial charge on any atom is 0.127 e. The number of aromatic nitrogens is 2. The monoisotopic (exact) mass is 487 g/mol. The van der Waals surface area contributed by atoms with Crippen molar-refractivity contribution in [2.75, 3.05) is 26.5 Å². The van der Waals surface area contributed by atoms with E-state index in [1.54, 1.807) is 13.3 Å². The number of aliphatic imine (C=N–C) groups is 1. The molecule has 0 bridgehead atoms. The van der Waals surface area contributed by atoms with Crippen molar-refractivity contribution >= 4 is 29.7 Å². The number of fused-ring (bicyclic) bond motifs is 2. The molecule has 2 aliphatic heterocycles. The third kappa shape index (κ3) is 3.95. The molecule has 4 heterocycles. The van der Waals surface area contributed by atoms with Gasteiger partial charge in [-0.3, -0.25) is 9.98 Å². The summed E-state index contributed by atoms with van der Waals surface area (Å²) in [6.45, 7) is 5.58. The SMILES string of the molecule is CP(C)(=O)c1ccc(-c2c(C3CCOCC3)n(-c3ccc(F)cc3)c3cc4c(cc23)CN=C4)cn1. The largest absolute Gasteiger partial charge is 0.381 e. The standard InChI is InChI=1S/C28H27FN3O2P/c1-35(2,33)26-8-3-19(17-31-26)27-24-13-20-15-30-16-21(20)14-25(24)32(23-6-4-22(29)5-7-23)28(27)18-9-11-34-12-10-18/h3-8,13-14,16-18H,9-12,15H2,1-2H3. The van der Waals surface area contributed by atoms with E-state index in [0.29, 0.717) is 25.2 Å². The van der Waals surface area contributed by atoms with Crippen LogP contribution in [0.3, 0.4) is 0 Å². The minimum atomic E-state index is -2.46. The fraction of sp³-hybridized carbons (Fsp3) is 0.286. The molecule has 35 heavy (non-hydrogen) atoms. The average Bonchev–Trinajstić information content (AvgIpc) is 3.45. The Morgan fingerprint density at radius 2 is 1.83 bits per heavy atom. The fourth-order valence-corrected chi connectivity index (χ4v) is 6.06. The Morgan fingerprint density at radius 1 is 1.06 bits per heavy atom. The summed E-state index contributed by atoms with van der Waals surface area (Å²) in [5, 5.41) is 1.13. The van der Waals surface area contributed by atoms with Crippen molar-refractivity contribution in [3.8, 4) is 16.8 Å². The van der Waals surface area contributed by atoms with Crippen molar-refractivity contribution in [3.63, 3.8) is 0 Å². The van der Waals surface area contributed by atoms with Gasteiger partial charge < -0.3 is 13.9 Å². The Bertz CT molecular complexity index is 1490. The molecule has 1 saturated heterocycles. The molecule has 6 rings (SSSR count). The van der Waals surface area contributed by atoms with E-state index in [1.807, 2.05) is 36.7 Å². The van der Waals surface area contributed by atoms with Gasteiger partial charge in [0.15, 0.2) is 0 Å². The predicted octanol–water partition coefficient (Wildman–Crippen LogP) is 5.91. The number of pyridine rings is 1. The molecular weight excluding hydrogens is 460 g/mol. The van der Waals surface area contributed by atoms with E-state index in [4.69, 9.17) is 4.74 Å². The zero-order chi connectivity index (χ0) is 24.2. The molecule has 0 atom stereocenters. The van der Waals surface area contributed by atoms with Crippen LogP contribution in [0.15, 0.2) is 59.7 Å². The van der Waals surface area contributed by atoms with E-state index >= 15 is 0 Å². The van der Waals surface area contributed by atoms with Crippen molar-refractivity contribution in [2.24, 2.45) is 4.99 Å². The normalized spacial score (nSPS) is 16.2. The molecule has 2 aromatic heterocycles. The van der Waals surface area contributed by atoms with Gasteiger partial charge in [-0.15, -0.1) is 0 Å². The Kier molecular flexibility index (Phi) is 5.46. The number of benzene rings is 2. The lowest BCUT2D eigenvalue weighted by Crippen LogP contribution is -2.17. The maximum absolute atomic E-state index is 13.9. The van der Waals surface area contributed by atoms with Crippen LogP contribution in [-0.4, -0.2) is 42.3 Å². The molecule has 2 aliphatic rings. The molecule has 0 amide bonds. The zero-order valence-electron chi connectivity index (χ0n) is 19.9. The Balaban J connectivity index is 1.68. The van der Waals surface area contributed by atoms with Gasteiger partial charge in [0.2, 0.25) is 0 Å². The highest BCUT2D eigenvalue weighted by atomic mass is 31.2. The Morgan fingerprint density at radius 3 is 2.51 bits per heavy atom. The lowest BCUT2D eigenvalue weighted by molar-refractivity contribution is 0.0843. The average molecular weight is 488 g/mol. The van der Waals surface area contributed by atoms with E-state index in [0.717, 1.165) is 46.1 Å². The van der Waals surface area contributed by atoms with Crippen LogP contribution in [0, 0.1) is 5.82 Å². The topological polar surface area (TPSA) is 56.5 Å². The molecule has 4 aromatic rings. The summed E-state index contributed by atoms with van der Waals surface area (Å²) >= 11 is 0. The van der Waals surface area contributed by atoms with Gasteiger partial charge in [-0.05, 0) is 79.8 Å². The summed E-state index contributed by atoms with van der Waals surface area (Å²) < 4.78 is 34.5. The van der Waals surface area contributed by atoms with Crippen LogP contribution < -0.4 is 5.44 Å². The van der Waals surface area contributed by atoms with Crippen LogP contribution in [0.25, 0.3) is 27.7 Å². The highest BCUT2D eigenvalue weighted by Crippen LogP contribution is 2.45. The van der Waals surface area contributed by atoms with Gasteiger partial charge in [0.1, 0.15) is 13.0 Å². The van der Waals surface area contributed by atoms with Crippen LogP contribution in [-0.2, 0) is 15.8 Å². The molecule has 7 heteroatoms. The number of nitrogens with zero attached hydrogens (tertiary/aromatic N) is 3. The van der Waals surface area contributed by atoms with Crippen molar-refractivity contribution < 1.29 is 13.7 Å². The molecule has 5 nitrogen and oxygen atoms in total. The van der Waals surface area contributed by atoms with Crippen LogP contribution in [0.2, 0.25) is 0 Å². The predicted molar refractivity (Wildman–Crippen MR) is 140 cm³/mol. The number of hydrogen-bond acceptors (Lipinski definition) is 4. The number of hydrogen-bond donors (Lipinski definition) is 0. The van der Waals surface area contributed by atoms with Crippen molar-refractivity contribution in [1.82, 2.24) is 9.55 Å². The first-order valence-corrected chi connectivity index (χ1v) is 14.6. The Hall–Kier alpha value is -3.08. The molecular formula is C28H27FN3O2P. The van der Waals surface area contributed by atoms with Gasteiger partial charge in [-0.25, -0.2) is 4.39 Å². The van der Waals surface area contributed by atoms with Gasteiger partial charge in [0.05, 0.1) is 17.5 Å². The van der Waals surface area contributed by atoms with Gasteiger partial charge >= 0.3 is 0 Å². The number of ether oxygens (including phenoxy) is 1. The summed E-state index contributed by atoms with van der Waals surface area (Å²) in [6.07, 6.45) is 5.61. The van der Waals surface area contributed by atoms with Gasteiger partial charge in [0.25, 0.3) is 0 Å². The molecule has 0 unspecified atom stereocenters. The molecule has 0 saturated carbocycles. The molecule has 0 radical (unpaired) electrons. The molecule has 0 N–H and O–H groups in total. The van der Waals surface area contributed by atoms with Gasteiger partial charge in [0, 0.05) is 59.4 Å². The third-order valence-electron chi connectivity index (χ3n) is 7.04. The minimum Gasteiger partial charge on any atom is -0.381 e. The van der Waals surface area contributed by atoms with Gasteiger partial charge in [-0.1, -0.05) is 6.07 Å². The second kappa shape index (κ2) is 8.54. The summed E-state index contributed by atoms with van der Waals surface area (Å²) in [6, 6.07) is 15.1. The van der Waals surface area contributed by atoms with E-state index in [1.165, 1.54) is 23.4 Å². The molecule has 1 fully saturated rings. The highest BCUT2D eigenvalue weighted by molar-refractivity contribution is 7.69. The first kappa shape index (κ1) is 22.4. The quantitative estimate of drug-likeness (QED) is 0.337. The number of rotatable bonds is 4. The molecule has 0 spiro atoms. The fourth-order valence-electron chi connectivity index (χ4n) is 5.30. The van der Waals surface area contributed by atoms with Crippen molar-refractivity contribution in [1.29, 1.82) is 0 Å². The maximum atomic E-state index is 13.9. The Labute approximate surface area is 204 Å². The van der Waals surface area contributed by atoms with Crippen LogP contribution in [0.5, 0.6) is 0 Å². The minimum absolute atomic E-state index is 0.255. The lowest BCUT2D eigenvalue weighted by Gasteiger charge is -2.26. The van der Waals surface area contributed by atoms with E-state index < -0.39 is 7.14 Å². The summed E-state index contributed by atoms with van der Waals surface area (Å²) in [5.74, 6) is 0.0252. The second-order valence-electron chi connectivity index (χ2n) is 9.75. The number of halogens is 1.